The maximum Gasteiger partial charge on any atom is 0.417 e. The summed E-state index contributed by atoms with van der Waals surface area (Å²) in [5, 5.41) is 15.8. The lowest BCUT2D eigenvalue weighted by atomic mass is 10.0. The van der Waals surface area contributed by atoms with E-state index in [1.165, 1.54) is 23.1 Å². The van der Waals surface area contributed by atoms with Gasteiger partial charge in [0.2, 0.25) is 0 Å². The summed E-state index contributed by atoms with van der Waals surface area (Å²) in [6.07, 6.45) is -2.48. The molecule has 0 amide bonds. The maximum atomic E-state index is 14.8. The number of hydrogen-bond acceptors (Lipinski definition) is 5. The molecule has 0 fully saturated rings. The molecule has 0 unspecified atom stereocenters. The minimum absolute atomic E-state index is 0.0224. The average Bonchev–Trinajstić information content (AvgIpc) is 3.21. The molecule has 0 saturated heterocycles. The summed E-state index contributed by atoms with van der Waals surface area (Å²) in [5.74, 6) is -2.24. The second-order valence-corrected chi connectivity index (χ2v) is 7.36. The maximum absolute atomic E-state index is 14.8. The van der Waals surface area contributed by atoms with Crippen molar-refractivity contribution >= 4 is 17.3 Å². The zero-order valence-electron chi connectivity index (χ0n) is 17.6. The Balaban J connectivity index is 1.83. The van der Waals surface area contributed by atoms with E-state index in [9.17, 15) is 22.4 Å². The van der Waals surface area contributed by atoms with E-state index in [4.69, 9.17) is 5.11 Å². The topological polar surface area (TPSA) is 92.9 Å². The van der Waals surface area contributed by atoms with Gasteiger partial charge in [-0.15, -0.1) is 0 Å². The normalized spacial score (nSPS) is 11.4. The second kappa shape index (κ2) is 8.93. The smallest absolute Gasteiger partial charge is 0.417 e. The van der Waals surface area contributed by atoms with Gasteiger partial charge in [-0.3, -0.25) is 9.48 Å². The Labute approximate surface area is 190 Å². The first-order valence-corrected chi connectivity index (χ1v) is 9.92. The number of carbonyl (C=O) groups is 1. The summed E-state index contributed by atoms with van der Waals surface area (Å²) < 4.78 is 57.1. The Hall–Kier alpha value is -4.28. The van der Waals surface area contributed by atoms with E-state index in [-0.39, 0.29) is 34.2 Å². The van der Waals surface area contributed by atoms with Gasteiger partial charge in [-0.1, -0.05) is 30.3 Å². The number of carboxylic acids is 1. The summed E-state index contributed by atoms with van der Waals surface area (Å²) in [5.41, 5.74) is -0.658. The molecule has 0 saturated carbocycles. The van der Waals surface area contributed by atoms with E-state index in [2.05, 4.69) is 20.4 Å². The fraction of sp³-hybridized carbons (Fsp3) is 0.130. The lowest BCUT2D eigenvalue weighted by Crippen LogP contribution is -2.10. The van der Waals surface area contributed by atoms with Crippen LogP contribution in [0.5, 0.6) is 0 Å². The van der Waals surface area contributed by atoms with Gasteiger partial charge in [-0.2, -0.15) is 18.3 Å². The fourth-order valence-electron chi connectivity index (χ4n) is 3.37. The highest BCUT2D eigenvalue weighted by Gasteiger charge is 2.35. The number of benzene rings is 2. The van der Waals surface area contributed by atoms with Crippen LogP contribution in [0.3, 0.4) is 0 Å². The molecule has 2 heterocycles. The number of aryl methyl sites for hydroxylation is 1. The van der Waals surface area contributed by atoms with Crippen LogP contribution in [-0.4, -0.2) is 30.8 Å². The molecule has 0 bridgehead atoms. The van der Waals surface area contributed by atoms with Gasteiger partial charge in [0, 0.05) is 24.4 Å². The molecule has 0 aliphatic heterocycles. The van der Waals surface area contributed by atoms with Crippen molar-refractivity contribution in [3.05, 3.63) is 78.1 Å². The van der Waals surface area contributed by atoms with E-state index < -0.39 is 29.9 Å². The predicted octanol–water partition coefficient (Wildman–Crippen LogP) is 5.07. The van der Waals surface area contributed by atoms with Crippen LogP contribution in [0.4, 0.5) is 28.9 Å². The Morgan fingerprint density at radius 2 is 1.85 bits per heavy atom. The molecule has 174 valence electrons. The third kappa shape index (κ3) is 4.87. The molecule has 34 heavy (non-hydrogen) atoms. The quantitative estimate of drug-likeness (QED) is 0.382. The lowest BCUT2D eigenvalue weighted by molar-refractivity contribution is -0.137. The zero-order chi connectivity index (χ0) is 24.5. The molecule has 2 aromatic heterocycles. The highest BCUT2D eigenvalue weighted by atomic mass is 19.4. The van der Waals surface area contributed by atoms with Gasteiger partial charge in [0.05, 0.1) is 34.5 Å². The van der Waals surface area contributed by atoms with Crippen LogP contribution in [0, 0.1) is 5.82 Å². The monoisotopic (exact) mass is 471 g/mol. The van der Waals surface area contributed by atoms with Gasteiger partial charge >= 0.3 is 12.1 Å². The number of alkyl halides is 3. The molecule has 0 aliphatic carbocycles. The van der Waals surface area contributed by atoms with Gasteiger partial charge in [-0.25, -0.2) is 14.4 Å². The van der Waals surface area contributed by atoms with Gasteiger partial charge < -0.3 is 10.4 Å². The Morgan fingerprint density at radius 3 is 2.47 bits per heavy atom. The van der Waals surface area contributed by atoms with Gasteiger partial charge in [0.25, 0.3) is 0 Å². The number of rotatable bonds is 6. The van der Waals surface area contributed by atoms with E-state index in [1.54, 1.807) is 37.4 Å². The first kappa shape index (κ1) is 22.9. The summed E-state index contributed by atoms with van der Waals surface area (Å²) in [7, 11) is 1.56. The van der Waals surface area contributed by atoms with Crippen molar-refractivity contribution in [2.45, 2.75) is 12.6 Å². The van der Waals surface area contributed by atoms with Crippen LogP contribution >= 0.6 is 0 Å². The molecule has 0 aliphatic rings. The van der Waals surface area contributed by atoms with E-state index in [1.807, 2.05) is 0 Å². The molecule has 4 rings (SSSR count). The predicted molar refractivity (Wildman–Crippen MR) is 116 cm³/mol. The molecule has 2 N–H and O–H groups in total. The first-order chi connectivity index (χ1) is 16.1. The molecule has 0 radical (unpaired) electrons. The number of nitrogens with zero attached hydrogens (tertiary/aromatic N) is 4. The number of anilines is 2. The van der Waals surface area contributed by atoms with Crippen molar-refractivity contribution in [2.75, 3.05) is 5.32 Å². The highest BCUT2D eigenvalue weighted by Crippen LogP contribution is 2.40. The van der Waals surface area contributed by atoms with Gasteiger partial charge in [0.1, 0.15) is 18.1 Å². The Morgan fingerprint density at radius 1 is 1.12 bits per heavy atom. The van der Waals surface area contributed by atoms with Crippen molar-refractivity contribution in [3.8, 4) is 22.5 Å². The zero-order valence-corrected chi connectivity index (χ0v) is 17.6. The molecule has 4 aromatic rings. The summed E-state index contributed by atoms with van der Waals surface area (Å²) >= 11 is 0. The standard InChI is InChI=1S/C23H17F4N5O2/c1-32-8-7-17(31-32)14-9-18(16(24)10-15(14)23(25,26)27)29-19-12-28-20(11-21(33)34)30-22(19)13-5-3-2-4-6-13/h2-10,12,29H,11H2,1H3,(H,33,34). The van der Waals surface area contributed by atoms with Crippen LogP contribution in [0.25, 0.3) is 22.5 Å². The number of nitrogens with one attached hydrogen (secondary N) is 1. The number of aromatic nitrogens is 4. The van der Waals surface area contributed by atoms with Crippen molar-refractivity contribution in [2.24, 2.45) is 7.05 Å². The summed E-state index contributed by atoms with van der Waals surface area (Å²) in [6, 6.07) is 11.5. The largest absolute Gasteiger partial charge is 0.481 e. The number of carboxylic acid groups (broad SMARTS) is 1. The summed E-state index contributed by atoms with van der Waals surface area (Å²) in [6.45, 7) is 0. The SMILES string of the molecule is Cn1ccc(-c2cc(Nc3cnc(CC(=O)O)nc3-c3ccccc3)c(F)cc2C(F)(F)F)n1. The van der Waals surface area contributed by atoms with Gasteiger partial charge in [0.15, 0.2) is 0 Å². The fourth-order valence-corrected chi connectivity index (χ4v) is 3.37. The second-order valence-electron chi connectivity index (χ2n) is 7.36. The molecule has 11 heteroatoms. The highest BCUT2D eigenvalue weighted by molar-refractivity contribution is 5.80. The van der Waals surface area contributed by atoms with Crippen molar-refractivity contribution < 1.29 is 27.5 Å². The number of hydrogen-bond donors (Lipinski definition) is 2. The summed E-state index contributed by atoms with van der Waals surface area (Å²) in [4.78, 5) is 19.4. The van der Waals surface area contributed by atoms with Crippen LogP contribution in [0.1, 0.15) is 11.4 Å². The molecular weight excluding hydrogens is 454 g/mol. The molecular formula is C23H17F4N5O2. The molecule has 7 nitrogen and oxygen atoms in total. The minimum Gasteiger partial charge on any atom is -0.481 e. The first-order valence-electron chi connectivity index (χ1n) is 9.92. The van der Waals surface area contributed by atoms with E-state index >= 15 is 0 Å². The van der Waals surface area contributed by atoms with Crippen LogP contribution < -0.4 is 5.32 Å². The third-order valence-electron chi connectivity index (χ3n) is 4.87. The van der Waals surface area contributed by atoms with Crippen LogP contribution in [-0.2, 0) is 24.4 Å². The van der Waals surface area contributed by atoms with Crippen LogP contribution in [0.15, 0.2) is 60.9 Å². The van der Waals surface area contributed by atoms with Crippen LogP contribution in [0.2, 0.25) is 0 Å². The van der Waals surface area contributed by atoms with E-state index in [0.717, 1.165) is 6.07 Å². The number of halogens is 4. The Kier molecular flexibility index (Phi) is 6.01. The van der Waals surface area contributed by atoms with Crippen molar-refractivity contribution in [1.82, 2.24) is 19.7 Å². The number of aliphatic carboxylic acids is 1. The van der Waals surface area contributed by atoms with Gasteiger partial charge in [-0.05, 0) is 18.2 Å². The third-order valence-corrected chi connectivity index (χ3v) is 4.87. The lowest BCUT2D eigenvalue weighted by Gasteiger charge is -2.17. The molecule has 0 atom stereocenters. The average molecular weight is 471 g/mol. The molecule has 2 aromatic carbocycles. The Bertz CT molecular complexity index is 1350. The van der Waals surface area contributed by atoms with Crippen molar-refractivity contribution in [1.29, 1.82) is 0 Å². The minimum atomic E-state index is -4.80. The molecule has 0 spiro atoms. The van der Waals surface area contributed by atoms with Crippen molar-refractivity contribution in [3.63, 3.8) is 0 Å². The van der Waals surface area contributed by atoms with E-state index in [0.29, 0.717) is 11.6 Å².